The van der Waals surface area contributed by atoms with Crippen LogP contribution >= 0.6 is 11.6 Å². The molecule has 2 N–H and O–H groups in total. The highest BCUT2D eigenvalue weighted by Crippen LogP contribution is 2.26. The number of hydrogen-bond donors (Lipinski definition) is 2. The van der Waals surface area contributed by atoms with Crippen LogP contribution in [-0.4, -0.2) is 15.9 Å². The quantitative estimate of drug-likeness (QED) is 0.894. The Morgan fingerprint density at radius 2 is 2.36 bits per heavy atom. The van der Waals surface area contributed by atoms with Gasteiger partial charge in [-0.1, -0.05) is 11.6 Å². The number of carbonyl (C=O) groups is 1. The van der Waals surface area contributed by atoms with Gasteiger partial charge in [-0.3, -0.25) is 4.79 Å². The fourth-order valence-corrected chi connectivity index (χ4v) is 2.97. The van der Waals surface area contributed by atoms with Crippen LogP contribution in [-0.2, 0) is 17.6 Å². The number of rotatable bonds is 2. The minimum atomic E-state index is -0.127. The number of aromatic amines is 1. The second-order valence-corrected chi connectivity index (χ2v) is 5.91. The average molecular weight is 315 g/mol. The van der Waals surface area contributed by atoms with Crippen molar-refractivity contribution in [3.63, 3.8) is 0 Å². The molecule has 3 rings (SSSR count). The van der Waals surface area contributed by atoms with E-state index < -0.39 is 0 Å². The fraction of sp³-hybridized carbons (Fsp3) is 0.312. The van der Waals surface area contributed by atoms with E-state index in [9.17, 15) is 4.79 Å². The number of imidazole rings is 1. The third kappa shape index (κ3) is 2.83. The van der Waals surface area contributed by atoms with Crippen LogP contribution in [0.15, 0.2) is 18.2 Å². The number of carbonyl (C=O) groups excluding carboxylic acids is 1. The molecule has 6 heteroatoms. The number of anilines is 1. The molecule has 112 valence electrons. The van der Waals surface area contributed by atoms with Crippen molar-refractivity contribution in [2.45, 2.75) is 26.2 Å². The third-order valence-corrected chi connectivity index (χ3v) is 4.13. The second-order valence-electron chi connectivity index (χ2n) is 5.48. The average Bonchev–Trinajstić information content (AvgIpc) is 2.86. The highest BCUT2D eigenvalue weighted by Gasteiger charge is 2.27. The summed E-state index contributed by atoms with van der Waals surface area (Å²) in [5.41, 5.74) is 2.97. The van der Waals surface area contributed by atoms with Gasteiger partial charge in [0.1, 0.15) is 11.9 Å². The summed E-state index contributed by atoms with van der Waals surface area (Å²) in [6, 6.07) is 6.91. The molecule has 5 nitrogen and oxygen atoms in total. The van der Waals surface area contributed by atoms with E-state index in [1.807, 2.05) is 6.92 Å². The zero-order valence-electron chi connectivity index (χ0n) is 12.1. The minimum Gasteiger partial charge on any atom is -0.346 e. The van der Waals surface area contributed by atoms with E-state index in [1.54, 1.807) is 18.2 Å². The highest BCUT2D eigenvalue weighted by molar-refractivity contribution is 6.31. The molecule has 0 radical (unpaired) electrons. The molecule has 1 aromatic carbocycles. The normalized spacial score (nSPS) is 16.7. The molecule has 1 aromatic heterocycles. The molecule has 0 saturated heterocycles. The van der Waals surface area contributed by atoms with Gasteiger partial charge in [0.05, 0.1) is 16.9 Å². The Kier molecular flexibility index (Phi) is 3.86. The van der Waals surface area contributed by atoms with Crippen LogP contribution in [0.5, 0.6) is 0 Å². The number of nitriles is 1. The minimum absolute atomic E-state index is 0.0864. The molecule has 1 heterocycles. The molecule has 22 heavy (non-hydrogen) atoms. The zero-order chi connectivity index (χ0) is 15.7. The molecule has 1 aliphatic rings. The fourth-order valence-electron chi connectivity index (χ4n) is 2.80. The summed E-state index contributed by atoms with van der Waals surface area (Å²) < 4.78 is 0. The Balaban J connectivity index is 1.76. The summed E-state index contributed by atoms with van der Waals surface area (Å²) in [6.45, 7) is 1.92. The van der Waals surface area contributed by atoms with Crippen LogP contribution in [0, 0.1) is 24.2 Å². The third-order valence-electron chi connectivity index (χ3n) is 3.89. The maximum absolute atomic E-state index is 12.5. The van der Waals surface area contributed by atoms with Gasteiger partial charge < -0.3 is 10.3 Å². The lowest BCUT2D eigenvalue weighted by atomic mass is 9.89. The van der Waals surface area contributed by atoms with Gasteiger partial charge in [0.15, 0.2) is 0 Å². The van der Waals surface area contributed by atoms with Crippen molar-refractivity contribution in [2.75, 3.05) is 5.32 Å². The molecule has 0 spiro atoms. The van der Waals surface area contributed by atoms with Gasteiger partial charge in [0.2, 0.25) is 5.91 Å². The van der Waals surface area contributed by atoms with E-state index >= 15 is 0 Å². The maximum Gasteiger partial charge on any atom is 0.227 e. The summed E-state index contributed by atoms with van der Waals surface area (Å²) >= 11 is 5.94. The Hall–Kier alpha value is -2.32. The molecule has 1 aliphatic carbocycles. The number of aromatic nitrogens is 2. The smallest absolute Gasteiger partial charge is 0.227 e. The number of hydrogen-bond acceptors (Lipinski definition) is 3. The van der Waals surface area contributed by atoms with Crippen molar-refractivity contribution in [3.8, 4) is 6.07 Å². The molecule has 0 saturated carbocycles. The molecule has 0 aliphatic heterocycles. The van der Waals surface area contributed by atoms with E-state index in [1.165, 1.54) is 0 Å². The first kappa shape index (κ1) is 14.6. The van der Waals surface area contributed by atoms with Crippen molar-refractivity contribution < 1.29 is 4.79 Å². The molecule has 0 fully saturated rings. The first-order valence-electron chi connectivity index (χ1n) is 7.11. The molecule has 1 amide bonds. The number of benzene rings is 1. The summed E-state index contributed by atoms with van der Waals surface area (Å²) in [5.74, 6) is 0.669. The molecule has 1 atom stereocenters. The number of nitrogens with one attached hydrogen (secondary N) is 2. The van der Waals surface area contributed by atoms with E-state index in [4.69, 9.17) is 16.9 Å². The lowest BCUT2D eigenvalue weighted by molar-refractivity contribution is -0.120. The second kappa shape index (κ2) is 5.82. The first-order chi connectivity index (χ1) is 10.6. The van der Waals surface area contributed by atoms with E-state index in [-0.39, 0.29) is 11.8 Å². The Morgan fingerprint density at radius 1 is 1.55 bits per heavy atom. The van der Waals surface area contributed by atoms with Crippen molar-refractivity contribution >= 4 is 23.2 Å². The lowest BCUT2D eigenvalue weighted by Gasteiger charge is -2.21. The Bertz CT molecular complexity index is 775. The monoisotopic (exact) mass is 314 g/mol. The molecule has 2 aromatic rings. The van der Waals surface area contributed by atoms with E-state index in [2.05, 4.69) is 21.4 Å². The largest absolute Gasteiger partial charge is 0.346 e. The lowest BCUT2D eigenvalue weighted by Crippen LogP contribution is -2.28. The maximum atomic E-state index is 12.5. The number of nitrogens with zero attached hydrogens (tertiary/aromatic N) is 2. The van der Waals surface area contributed by atoms with E-state index in [0.29, 0.717) is 22.7 Å². The predicted octanol–water partition coefficient (Wildman–Crippen LogP) is 2.99. The van der Waals surface area contributed by atoms with Gasteiger partial charge in [-0.05, 0) is 38.0 Å². The Labute approximate surface area is 133 Å². The van der Waals surface area contributed by atoms with Crippen LogP contribution in [0.25, 0.3) is 0 Å². The van der Waals surface area contributed by atoms with Crippen LogP contribution in [0.3, 0.4) is 0 Å². The molecular weight excluding hydrogens is 300 g/mol. The summed E-state index contributed by atoms with van der Waals surface area (Å²) in [5, 5.41) is 12.4. The van der Waals surface area contributed by atoms with E-state index in [0.717, 1.165) is 30.1 Å². The summed E-state index contributed by atoms with van der Waals surface area (Å²) in [7, 11) is 0. The van der Waals surface area contributed by atoms with Crippen LogP contribution in [0.4, 0.5) is 5.69 Å². The van der Waals surface area contributed by atoms with Crippen LogP contribution in [0.2, 0.25) is 5.02 Å². The summed E-state index contributed by atoms with van der Waals surface area (Å²) in [4.78, 5) is 20.1. The number of amides is 1. The van der Waals surface area contributed by atoms with Gasteiger partial charge in [0, 0.05) is 23.1 Å². The molecule has 1 unspecified atom stereocenters. The van der Waals surface area contributed by atoms with Crippen molar-refractivity contribution in [3.05, 3.63) is 46.0 Å². The standard InChI is InChI=1S/C16H15ClN4O/c1-9-19-13-5-3-10(6-15(13)20-9)16(22)21-14-7-12(17)4-2-11(14)8-18/h2,4,7,10H,3,5-6H2,1H3,(H,19,20)(H,21,22). The Morgan fingerprint density at radius 3 is 3.14 bits per heavy atom. The number of fused-ring (bicyclic) bond motifs is 1. The van der Waals surface area contributed by atoms with Crippen molar-refractivity contribution in [1.82, 2.24) is 9.97 Å². The number of H-pyrrole nitrogens is 1. The van der Waals surface area contributed by atoms with Crippen molar-refractivity contribution in [1.29, 1.82) is 5.26 Å². The van der Waals surface area contributed by atoms with Crippen molar-refractivity contribution in [2.24, 2.45) is 5.92 Å². The molecule has 0 bridgehead atoms. The number of aryl methyl sites for hydroxylation is 2. The van der Waals surface area contributed by atoms with Crippen LogP contribution in [0.1, 0.15) is 29.2 Å². The van der Waals surface area contributed by atoms with Gasteiger partial charge in [-0.15, -0.1) is 0 Å². The topological polar surface area (TPSA) is 81.6 Å². The van der Waals surface area contributed by atoms with Gasteiger partial charge in [0.25, 0.3) is 0 Å². The predicted molar refractivity (Wildman–Crippen MR) is 83.6 cm³/mol. The number of halogens is 1. The van der Waals surface area contributed by atoms with Gasteiger partial charge >= 0.3 is 0 Å². The van der Waals surface area contributed by atoms with Gasteiger partial charge in [-0.25, -0.2) is 4.98 Å². The van der Waals surface area contributed by atoms with Gasteiger partial charge in [-0.2, -0.15) is 5.26 Å². The highest BCUT2D eigenvalue weighted by atomic mass is 35.5. The SMILES string of the molecule is Cc1nc2c([nH]1)CC(C(=O)Nc1cc(Cl)ccc1C#N)CC2. The zero-order valence-corrected chi connectivity index (χ0v) is 12.9. The first-order valence-corrected chi connectivity index (χ1v) is 7.49. The molecular formula is C16H15ClN4O. The summed E-state index contributed by atoms with van der Waals surface area (Å²) in [6.07, 6.45) is 2.19. The van der Waals surface area contributed by atoms with Crippen LogP contribution < -0.4 is 5.32 Å².